The van der Waals surface area contributed by atoms with Crippen molar-refractivity contribution in [3.8, 4) is 17.0 Å². The molecule has 0 radical (unpaired) electrons. The second-order valence-corrected chi connectivity index (χ2v) is 6.96. The Labute approximate surface area is 189 Å². The van der Waals surface area contributed by atoms with E-state index in [1.54, 1.807) is 18.2 Å². The molecule has 1 aromatic carbocycles. The van der Waals surface area contributed by atoms with E-state index in [0.29, 0.717) is 0 Å². The molecule has 0 unspecified atom stereocenters. The van der Waals surface area contributed by atoms with Crippen LogP contribution in [0.5, 0.6) is 5.75 Å². The predicted molar refractivity (Wildman–Crippen MR) is 123 cm³/mol. The molecular formula is C26H30BeN2O2+2. The summed E-state index contributed by atoms with van der Waals surface area (Å²) in [6.07, 6.45) is 10.4. The van der Waals surface area contributed by atoms with Gasteiger partial charge in [-0.25, -0.2) is 9.55 Å². The fourth-order valence-corrected chi connectivity index (χ4v) is 2.97. The van der Waals surface area contributed by atoms with Crippen molar-refractivity contribution >= 4 is 15.7 Å². The molecule has 2 heterocycles. The average molecular weight is 412 g/mol. The van der Waals surface area contributed by atoms with Crippen LogP contribution in [0.2, 0.25) is 0 Å². The van der Waals surface area contributed by atoms with Crippen LogP contribution >= 0.6 is 0 Å². The van der Waals surface area contributed by atoms with E-state index < -0.39 is 0 Å². The molecule has 0 amide bonds. The van der Waals surface area contributed by atoms with Crippen LogP contribution in [-0.2, 0) is 7.05 Å². The standard InChI is InChI=1S/C12H11NO.C11H11NO.C3H8.Be/c1-13-9-5-4-7-11(13)10-6-2-3-8-12(10)14;13-11-7-2-1-5-9(11)10-6-3-4-8-12-10;1-3-2;/h2-9H,1H3;2-4,6-8,13H,1,5H2;3H2,1-2H3;/q;;;+2. The van der Waals surface area contributed by atoms with Gasteiger partial charge in [0, 0.05) is 35.4 Å². The van der Waals surface area contributed by atoms with Crippen molar-refractivity contribution < 1.29 is 19.8 Å². The van der Waals surface area contributed by atoms with Gasteiger partial charge in [0.2, 0.25) is 11.4 Å². The third-order valence-corrected chi connectivity index (χ3v) is 4.38. The molecule has 1 N–H and O–H groups in total. The van der Waals surface area contributed by atoms with Gasteiger partial charge >= 0.3 is 10.1 Å². The second-order valence-electron chi connectivity index (χ2n) is 6.96. The van der Waals surface area contributed by atoms with Crippen LogP contribution in [0.1, 0.15) is 38.8 Å². The normalized spacial score (nSPS) is 12.0. The van der Waals surface area contributed by atoms with Gasteiger partial charge in [-0.2, -0.15) is 0 Å². The van der Waals surface area contributed by atoms with Gasteiger partial charge in [0.05, 0.1) is 0 Å². The molecule has 0 aliphatic heterocycles. The van der Waals surface area contributed by atoms with Crippen LogP contribution < -0.4 is 19.8 Å². The SMILES string of the molecule is CCC.C[n+]1ccccc1-c1ccccc1[O-].[Be+2].[O-]C1=C(c2cccc[nH+]2)CCC=C1. The Balaban J connectivity index is 0.000000268. The summed E-state index contributed by atoms with van der Waals surface area (Å²) in [5, 5.41) is 23.0. The van der Waals surface area contributed by atoms with Crippen LogP contribution in [0, 0.1) is 0 Å². The largest absolute Gasteiger partial charge is 2.00 e. The Bertz CT molecular complexity index is 942. The first kappa shape index (κ1) is 25.8. The summed E-state index contributed by atoms with van der Waals surface area (Å²) >= 11 is 0. The van der Waals surface area contributed by atoms with Crippen LogP contribution in [0.3, 0.4) is 0 Å². The molecule has 0 bridgehead atoms. The minimum absolute atomic E-state index is 0. The van der Waals surface area contributed by atoms with Gasteiger partial charge in [0.1, 0.15) is 7.05 Å². The van der Waals surface area contributed by atoms with E-state index in [-0.39, 0.29) is 21.6 Å². The Morgan fingerprint density at radius 1 is 0.935 bits per heavy atom. The molecule has 1 aliphatic carbocycles. The van der Waals surface area contributed by atoms with Crippen LogP contribution in [0.4, 0.5) is 0 Å². The van der Waals surface area contributed by atoms with Crippen molar-refractivity contribution in [1.82, 2.24) is 0 Å². The fraction of sp³-hybridized carbons (Fsp3) is 0.231. The number of nitrogens with one attached hydrogen (secondary N) is 1. The van der Waals surface area contributed by atoms with Crippen molar-refractivity contribution in [3.05, 3.63) is 96.7 Å². The molecule has 4 rings (SSSR count). The maximum atomic E-state index is 11.6. The summed E-state index contributed by atoms with van der Waals surface area (Å²) in [6, 6.07) is 18.7. The van der Waals surface area contributed by atoms with Crippen LogP contribution in [0.25, 0.3) is 16.8 Å². The van der Waals surface area contributed by atoms with Crippen molar-refractivity contribution in [3.63, 3.8) is 0 Å². The van der Waals surface area contributed by atoms with Gasteiger partial charge in [-0.1, -0.05) is 62.1 Å². The number of hydrogen-bond donors (Lipinski definition) is 0. The van der Waals surface area contributed by atoms with Gasteiger partial charge in [0.15, 0.2) is 12.4 Å². The van der Waals surface area contributed by atoms with Crippen LogP contribution in [0.15, 0.2) is 91.0 Å². The summed E-state index contributed by atoms with van der Waals surface area (Å²) in [5.41, 5.74) is 3.52. The molecule has 0 saturated heterocycles. The van der Waals surface area contributed by atoms with E-state index in [0.717, 1.165) is 35.4 Å². The molecule has 0 fully saturated rings. The monoisotopic (exact) mass is 411 g/mol. The third-order valence-electron chi connectivity index (χ3n) is 4.38. The Morgan fingerprint density at radius 3 is 2.23 bits per heavy atom. The summed E-state index contributed by atoms with van der Waals surface area (Å²) in [5.74, 6) is 0.197. The predicted octanol–water partition coefficient (Wildman–Crippen LogP) is 3.21. The summed E-state index contributed by atoms with van der Waals surface area (Å²) in [7, 11) is 1.93. The number of benzene rings is 1. The average Bonchev–Trinajstić information content (AvgIpc) is 2.77. The smallest absolute Gasteiger partial charge is 0.872 e. The zero-order valence-corrected chi connectivity index (χ0v) is 18.7. The van der Waals surface area contributed by atoms with Crippen LogP contribution in [-0.4, -0.2) is 10.1 Å². The summed E-state index contributed by atoms with van der Waals surface area (Å²) in [4.78, 5) is 3.08. The van der Waals surface area contributed by atoms with Crippen molar-refractivity contribution in [2.24, 2.45) is 7.05 Å². The first-order valence-electron chi connectivity index (χ1n) is 10.3. The van der Waals surface area contributed by atoms with Crippen molar-refractivity contribution in [2.75, 3.05) is 0 Å². The Morgan fingerprint density at radius 2 is 1.61 bits per heavy atom. The first-order valence-corrected chi connectivity index (χ1v) is 10.3. The van der Waals surface area contributed by atoms with E-state index in [1.165, 1.54) is 6.42 Å². The van der Waals surface area contributed by atoms with E-state index >= 15 is 0 Å². The van der Waals surface area contributed by atoms with E-state index in [9.17, 15) is 10.2 Å². The maximum absolute atomic E-state index is 11.6. The molecule has 1 aliphatic rings. The molecule has 4 nitrogen and oxygen atoms in total. The summed E-state index contributed by atoms with van der Waals surface area (Å²) in [6.45, 7) is 4.25. The minimum atomic E-state index is 0. The van der Waals surface area contributed by atoms with Crippen molar-refractivity contribution in [1.29, 1.82) is 0 Å². The molecule has 0 saturated carbocycles. The summed E-state index contributed by atoms with van der Waals surface area (Å²) < 4.78 is 1.94. The fourth-order valence-electron chi connectivity index (χ4n) is 2.97. The maximum Gasteiger partial charge on any atom is 2.00 e. The number of aromatic amines is 1. The molecule has 2 aromatic heterocycles. The number of pyridine rings is 2. The molecular weight excluding hydrogens is 381 g/mol. The molecule has 156 valence electrons. The number of H-pyrrole nitrogens is 1. The van der Waals surface area contributed by atoms with Crippen molar-refractivity contribution in [2.45, 2.75) is 33.1 Å². The zero-order chi connectivity index (χ0) is 21.8. The number of para-hydroxylation sites is 1. The Kier molecular flexibility index (Phi) is 11.6. The number of nitrogens with zero attached hydrogens (tertiary/aromatic N) is 1. The zero-order valence-electron chi connectivity index (χ0n) is 18.7. The number of allylic oxidation sites excluding steroid dienone is 3. The number of aromatic nitrogens is 2. The second kappa shape index (κ2) is 13.9. The van der Waals surface area contributed by atoms with E-state index in [2.05, 4.69) is 18.8 Å². The molecule has 0 atom stereocenters. The number of aryl methyl sites for hydroxylation is 1. The quantitative estimate of drug-likeness (QED) is 0.480. The van der Waals surface area contributed by atoms with Gasteiger partial charge in [-0.05, 0) is 31.0 Å². The minimum Gasteiger partial charge on any atom is -0.872 e. The van der Waals surface area contributed by atoms with Gasteiger partial charge < -0.3 is 10.2 Å². The topological polar surface area (TPSA) is 64.1 Å². The number of hydrogen-bond acceptors (Lipinski definition) is 2. The Hall–Kier alpha value is -3.23. The molecule has 5 heteroatoms. The van der Waals surface area contributed by atoms with Gasteiger partial charge in [-0.15, -0.1) is 0 Å². The van der Waals surface area contributed by atoms with Gasteiger partial charge in [0.25, 0.3) is 0 Å². The number of rotatable bonds is 2. The van der Waals surface area contributed by atoms with E-state index in [1.807, 2.05) is 78.6 Å². The molecule has 31 heavy (non-hydrogen) atoms. The van der Waals surface area contributed by atoms with Gasteiger partial charge in [-0.3, -0.25) is 0 Å². The molecule has 3 aromatic rings. The first-order chi connectivity index (χ1) is 14.6. The van der Waals surface area contributed by atoms with E-state index in [4.69, 9.17) is 0 Å². The third kappa shape index (κ3) is 7.84. The molecule has 0 spiro atoms.